The van der Waals surface area contributed by atoms with Gasteiger partial charge in [-0.15, -0.1) is 0 Å². The molecule has 1 aliphatic carbocycles. The Kier molecular flexibility index (Phi) is 3.34. The molecule has 2 heteroatoms. The highest BCUT2D eigenvalue weighted by atomic mass is 16.3. The molecule has 0 aromatic rings. The molecule has 2 nitrogen and oxygen atoms in total. The van der Waals surface area contributed by atoms with Crippen LogP contribution in [0.3, 0.4) is 0 Å². The molecule has 0 aromatic heterocycles. The number of nitrogens with one attached hydrogen (secondary N) is 1. The van der Waals surface area contributed by atoms with Crippen molar-refractivity contribution in [1.29, 1.82) is 0 Å². The van der Waals surface area contributed by atoms with Gasteiger partial charge in [0.25, 0.3) is 0 Å². The van der Waals surface area contributed by atoms with Crippen LogP contribution in [0.25, 0.3) is 0 Å². The van der Waals surface area contributed by atoms with Crippen molar-refractivity contribution in [3.8, 4) is 0 Å². The molecule has 2 atom stereocenters. The highest BCUT2D eigenvalue weighted by molar-refractivity contribution is 4.81. The van der Waals surface area contributed by atoms with Crippen LogP contribution in [0.1, 0.15) is 39.5 Å². The third-order valence-corrected chi connectivity index (χ3v) is 2.28. The van der Waals surface area contributed by atoms with Crippen LogP contribution in [0.2, 0.25) is 0 Å². The van der Waals surface area contributed by atoms with Crippen molar-refractivity contribution in [2.24, 2.45) is 0 Å². The summed E-state index contributed by atoms with van der Waals surface area (Å²) in [5.41, 5.74) is 0. The highest BCUT2D eigenvalue weighted by Crippen LogP contribution is 2.18. The standard InChI is InChI=1S/C9H19NO/c1-7(2)10-8-5-3-4-6-9(8)11/h7-11H,3-6H2,1-2H3/t8-,9+/m0/s1. The second kappa shape index (κ2) is 4.07. The number of aliphatic hydroxyl groups excluding tert-OH is 1. The summed E-state index contributed by atoms with van der Waals surface area (Å²) in [7, 11) is 0. The molecule has 1 fully saturated rings. The van der Waals surface area contributed by atoms with E-state index in [0.717, 1.165) is 12.8 Å². The van der Waals surface area contributed by atoms with Gasteiger partial charge >= 0.3 is 0 Å². The minimum absolute atomic E-state index is 0.105. The average Bonchev–Trinajstić information content (AvgIpc) is 1.93. The van der Waals surface area contributed by atoms with Crippen molar-refractivity contribution in [1.82, 2.24) is 5.32 Å². The molecule has 0 amide bonds. The second-order valence-corrected chi connectivity index (χ2v) is 3.78. The number of hydrogen-bond donors (Lipinski definition) is 2. The predicted octanol–water partition coefficient (Wildman–Crippen LogP) is 1.29. The lowest BCUT2D eigenvalue weighted by molar-refractivity contribution is 0.0871. The molecule has 0 aromatic carbocycles. The first-order chi connectivity index (χ1) is 5.20. The van der Waals surface area contributed by atoms with Crippen molar-refractivity contribution >= 4 is 0 Å². The molecular formula is C9H19NO. The Morgan fingerprint density at radius 3 is 2.45 bits per heavy atom. The van der Waals surface area contributed by atoms with E-state index in [1.807, 2.05) is 0 Å². The minimum atomic E-state index is -0.105. The van der Waals surface area contributed by atoms with Gasteiger partial charge in [-0.25, -0.2) is 0 Å². The summed E-state index contributed by atoms with van der Waals surface area (Å²) in [6.45, 7) is 4.25. The molecule has 0 saturated heterocycles. The van der Waals surface area contributed by atoms with E-state index in [1.165, 1.54) is 12.8 Å². The van der Waals surface area contributed by atoms with E-state index in [2.05, 4.69) is 19.2 Å². The molecule has 0 radical (unpaired) electrons. The SMILES string of the molecule is CC(C)N[C@H]1CCCC[C@H]1O. The molecule has 0 heterocycles. The van der Waals surface area contributed by atoms with Gasteiger partial charge in [0.2, 0.25) is 0 Å². The van der Waals surface area contributed by atoms with Crippen molar-refractivity contribution < 1.29 is 5.11 Å². The first-order valence-corrected chi connectivity index (χ1v) is 4.64. The van der Waals surface area contributed by atoms with E-state index in [9.17, 15) is 5.11 Å². The van der Waals surface area contributed by atoms with Crippen LogP contribution >= 0.6 is 0 Å². The van der Waals surface area contributed by atoms with Gasteiger partial charge in [-0.1, -0.05) is 26.7 Å². The van der Waals surface area contributed by atoms with Crippen LogP contribution in [0.15, 0.2) is 0 Å². The number of rotatable bonds is 2. The first-order valence-electron chi connectivity index (χ1n) is 4.64. The van der Waals surface area contributed by atoms with E-state index in [1.54, 1.807) is 0 Å². The lowest BCUT2D eigenvalue weighted by atomic mass is 9.92. The van der Waals surface area contributed by atoms with Gasteiger partial charge in [0.05, 0.1) is 6.10 Å². The molecule has 0 spiro atoms. The van der Waals surface area contributed by atoms with Gasteiger partial charge in [0.1, 0.15) is 0 Å². The summed E-state index contributed by atoms with van der Waals surface area (Å²) >= 11 is 0. The average molecular weight is 157 g/mol. The van der Waals surface area contributed by atoms with Gasteiger partial charge in [-0.05, 0) is 12.8 Å². The Balaban J connectivity index is 2.29. The predicted molar refractivity (Wildman–Crippen MR) is 46.5 cm³/mol. The zero-order valence-corrected chi connectivity index (χ0v) is 7.51. The lowest BCUT2D eigenvalue weighted by Crippen LogP contribution is -2.45. The maximum atomic E-state index is 9.56. The van der Waals surface area contributed by atoms with Gasteiger partial charge in [0, 0.05) is 12.1 Å². The van der Waals surface area contributed by atoms with Crippen molar-refractivity contribution in [3.05, 3.63) is 0 Å². The van der Waals surface area contributed by atoms with Crippen LogP contribution < -0.4 is 5.32 Å². The van der Waals surface area contributed by atoms with Gasteiger partial charge in [-0.3, -0.25) is 0 Å². The van der Waals surface area contributed by atoms with Gasteiger partial charge in [-0.2, -0.15) is 0 Å². The Morgan fingerprint density at radius 1 is 1.27 bits per heavy atom. The number of hydrogen-bond acceptors (Lipinski definition) is 2. The Bertz CT molecular complexity index is 114. The van der Waals surface area contributed by atoms with Gasteiger partial charge in [0.15, 0.2) is 0 Å². The Hall–Kier alpha value is -0.0800. The molecular weight excluding hydrogens is 138 g/mol. The molecule has 0 unspecified atom stereocenters. The first kappa shape index (κ1) is 9.01. The topological polar surface area (TPSA) is 32.3 Å². The fraction of sp³-hybridized carbons (Fsp3) is 1.00. The molecule has 11 heavy (non-hydrogen) atoms. The lowest BCUT2D eigenvalue weighted by Gasteiger charge is -2.30. The maximum Gasteiger partial charge on any atom is 0.0693 e. The summed E-state index contributed by atoms with van der Waals surface area (Å²) in [4.78, 5) is 0. The molecule has 66 valence electrons. The third kappa shape index (κ3) is 2.80. The molecule has 2 N–H and O–H groups in total. The maximum absolute atomic E-state index is 9.56. The van der Waals surface area contributed by atoms with E-state index in [4.69, 9.17) is 0 Å². The summed E-state index contributed by atoms with van der Waals surface area (Å²) in [6.07, 6.45) is 4.47. The normalized spacial score (nSPS) is 32.7. The van der Waals surface area contributed by atoms with E-state index >= 15 is 0 Å². The summed E-state index contributed by atoms with van der Waals surface area (Å²) in [5.74, 6) is 0. The summed E-state index contributed by atoms with van der Waals surface area (Å²) in [6, 6.07) is 0.844. The van der Waals surface area contributed by atoms with Crippen LogP contribution in [-0.2, 0) is 0 Å². The smallest absolute Gasteiger partial charge is 0.0693 e. The minimum Gasteiger partial charge on any atom is -0.392 e. The second-order valence-electron chi connectivity index (χ2n) is 3.78. The third-order valence-electron chi connectivity index (χ3n) is 2.28. The molecule has 0 bridgehead atoms. The number of aliphatic hydroxyl groups is 1. The van der Waals surface area contributed by atoms with Crippen molar-refractivity contribution in [2.75, 3.05) is 0 Å². The summed E-state index contributed by atoms with van der Waals surface area (Å²) < 4.78 is 0. The molecule has 1 aliphatic rings. The van der Waals surface area contributed by atoms with E-state index in [0.29, 0.717) is 12.1 Å². The molecule has 0 aliphatic heterocycles. The largest absolute Gasteiger partial charge is 0.392 e. The van der Waals surface area contributed by atoms with Crippen molar-refractivity contribution in [2.45, 2.75) is 57.7 Å². The zero-order chi connectivity index (χ0) is 8.27. The fourth-order valence-corrected chi connectivity index (χ4v) is 1.73. The van der Waals surface area contributed by atoms with Gasteiger partial charge < -0.3 is 10.4 Å². The Labute approximate surface area is 69.0 Å². The van der Waals surface area contributed by atoms with Crippen molar-refractivity contribution in [3.63, 3.8) is 0 Å². The van der Waals surface area contributed by atoms with Crippen LogP contribution in [-0.4, -0.2) is 23.3 Å². The van der Waals surface area contributed by atoms with Crippen LogP contribution in [0.5, 0.6) is 0 Å². The quantitative estimate of drug-likeness (QED) is 0.633. The van der Waals surface area contributed by atoms with Crippen LogP contribution in [0.4, 0.5) is 0 Å². The Morgan fingerprint density at radius 2 is 1.91 bits per heavy atom. The summed E-state index contributed by atoms with van der Waals surface area (Å²) in [5, 5.41) is 12.9. The monoisotopic (exact) mass is 157 g/mol. The molecule has 1 saturated carbocycles. The zero-order valence-electron chi connectivity index (χ0n) is 7.51. The van der Waals surface area contributed by atoms with E-state index in [-0.39, 0.29) is 6.10 Å². The van der Waals surface area contributed by atoms with Crippen LogP contribution in [0, 0.1) is 0 Å². The van der Waals surface area contributed by atoms with E-state index < -0.39 is 0 Å². The molecule has 1 rings (SSSR count). The highest BCUT2D eigenvalue weighted by Gasteiger charge is 2.22. The fourth-order valence-electron chi connectivity index (χ4n) is 1.73.